The fourth-order valence-corrected chi connectivity index (χ4v) is 23.5. The summed E-state index contributed by atoms with van der Waals surface area (Å²) in [5, 5.41) is 0. The van der Waals surface area contributed by atoms with E-state index >= 15 is 0 Å². The second kappa shape index (κ2) is 32.8. The molecule has 0 atom stereocenters. The molecule has 4 aliphatic carbocycles. The summed E-state index contributed by atoms with van der Waals surface area (Å²) in [6, 6.07) is 90.1. The zero-order valence-corrected chi connectivity index (χ0v) is 89.9. The Morgan fingerprint density at radius 3 is 0.985 bits per heavy atom. The van der Waals surface area contributed by atoms with Crippen LogP contribution >= 0.6 is 0 Å². The lowest BCUT2D eigenvalue weighted by Crippen LogP contribution is -2.62. The molecule has 0 fully saturated rings. The second-order valence-corrected chi connectivity index (χ2v) is 53.7. The molecule has 18 rings (SSSR count). The Hall–Kier alpha value is -10.1. The highest BCUT2D eigenvalue weighted by atomic mass is 15.2. The molecular weight excluding hydrogens is 1630 g/mol. The smallest absolute Gasteiger partial charge is 0.252 e. The summed E-state index contributed by atoms with van der Waals surface area (Å²) in [6.45, 7) is 85.9. The van der Waals surface area contributed by atoms with Crippen molar-refractivity contribution in [2.45, 2.75) is 376 Å². The summed E-state index contributed by atoms with van der Waals surface area (Å²) in [4.78, 5) is 10.4. The number of rotatable bonds is 10. The highest BCUT2D eigenvalue weighted by molar-refractivity contribution is 7.00. The molecule has 12 aromatic rings. The first-order chi connectivity index (χ1) is 62.4. The van der Waals surface area contributed by atoms with Gasteiger partial charge in [0.1, 0.15) is 0 Å². The van der Waals surface area contributed by atoms with Crippen molar-refractivity contribution in [1.29, 1.82) is 0 Å². The molecule has 2 aliphatic heterocycles. The molecule has 0 spiro atoms. The quantitative estimate of drug-likeness (QED) is 0.127. The van der Waals surface area contributed by atoms with Crippen LogP contribution in [0.5, 0.6) is 0 Å². The molecule has 0 saturated carbocycles. The zero-order chi connectivity index (χ0) is 97.9. The van der Waals surface area contributed by atoms with Crippen LogP contribution in [-0.4, -0.2) is 6.71 Å². The van der Waals surface area contributed by atoms with Crippen molar-refractivity contribution in [1.82, 2.24) is 0 Å². The largest absolute Gasteiger partial charge is 0.311 e. The highest BCUT2D eigenvalue weighted by Crippen LogP contribution is 2.58. The molecule has 6 aliphatic rings. The maximum atomic E-state index is 2.73. The first-order valence-corrected chi connectivity index (χ1v) is 51.3. The Bertz CT molecular complexity index is 6560. The molecule has 0 N–H and O–H groups in total. The number of anilines is 12. The second-order valence-electron chi connectivity index (χ2n) is 53.7. The van der Waals surface area contributed by atoms with Crippen LogP contribution in [0, 0.1) is 13.8 Å². The van der Waals surface area contributed by atoms with Crippen molar-refractivity contribution in [3.63, 3.8) is 0 Å². The minimum absolute atomic E-state index is 0.0155. The van der Waals surface area contributed by atoms with Crippen LogP contribution in [-0.2, 0) is 75.8 Å². The van der Waals surface area contributed by atoms with E-state index in [4.69, 9.17) is 0 Å². The van der Waals surface area contributed by atoms with Gasteiger partial charge in [-0.15, -0.1) is 0 Å². The monoisotopic (exact) mass is 1790 g/mol. The number of hydrogen-bond donors (Lipinski definition) is 0. The lowest BCUT2D eigenvalue weighted by atomic mass is 9.33. The summed E-state index contributed by atoms with van der Waals surface area (Å²) in [6.07, 6.45) is 9.46. The fraction of sp³-hybridized carbons (Fsp3) is 0.446. The molecule has 0 amide bonds. The molecule has 12 aromatic carbocycles. The molecule has 0 unspecified atom stereocenters. The summed E-state index contributed by atoms with van der Waals surface area (Å²) in [7, 11) is 0. The normalized spacial score (nSPS) is 18.0. The number of hydrogen-bond acceptors (Lipinski definition) is 4. The van der Waals surface area contributed by atoms with Gasteiger partial charge in [0.15, 0.2) is 0 Å². The average Bonchev–Trinajstić information content (AvgIpc) is 0.684. The molecular formula is C130H161BN4. The van der Waals surface area contributed by atoms with Crippen LogP contribution in [0.25, 0.3) is 22.3 Å². The summed E-state index contributed by atoms with van der Waals surface area (Å²) in [5.74, 6) is 0. The van der Waals surface area contributed by atoms with Crippen LogP contribution in [0.15, 0.2) is 224 Å². The fourth-order valence-electron chi connectivity index (χ4n) is 23.5. The van der Waals surface area contributed by atoms with Crippen molar-refractivity contribution in [3.05, 3.63) is 313 Å². The predicted octanol–water partition coefficient (Wildman–Crippen LogP) is 35.5. The van der Waals surface area contributed by atoms with Gasteiger partial charge in [-0.1, -0.05) is 345 Å². The highest BCUT2D eigenvalue weighted by Gasteiger charge is 2.49. The van der Waals surface area contributed by atoms with Gasteiger partial charge in [0.05, 0.1) is 11.4 Å². The van der Waals surface area contributed by atoms with E-state index in [1.807, 2.05) is 0 Å². The number of benzene rings is 12. The first-order valence-electron chi connectivity index (χ1n) is 51.3. The van der Waals surface area contributed by atoms with Gasteiger partial charge in [-0.05, 0) is 373 Å². The lowest BCUT2D eigenvalue weighted by molar-refractivity contribution is 0.332. The molecule has 5 heteroatoms. The third-order valence-electron chi connectivity index (χ3n) is 33.2. The first kappa shape index (κ1) is 96.6. The molecule has 0 radical (unpaired) electrons. The van der Waals surface area contributed by atoms with E-state index in [0.29, 0.717) is 0 Å². The number of aryl methyl sites for hydroxylation is 2. The van der Waals surface area contributed by atoms with Gasteiger partial charge in [-0.3, -0.25) is 0 Å². The zero-order valence-electron chi connectivity index (χ0n) is 89.9. The van der Waals surface area contributed by atoms with Gasteiger partial charge >= 0.3 is 0 Å². The van der Waals surface area contributed by atoms with Crippen molar-refractivity contribution < 1.29 is 0 Å². The number of nitrogens with zero attached hydrogens (tertiary/aromatic N) is 4. The van der Waals surface area contributed by atoms with E-state index in [1.54, 1.807) is 0 Å². The van der Waals surface area contributed by atoms with Gasteiger partial charge in [0.2, 0.25) is 0 Å². The van der Waals surface area contributed by atoms with E-state index in [2.05, 4.69) is 493 Å². The molecule has 4 nitrogen and oxygen atoms in total. The minimum Gasteiger partial charge on any atom is -0.311 e. The van der Waals surface area contributed by atoms with Gasteiger partial charge in [0, 0.05) is 68.0 Å². The van der Waals surface area contributed by atoms with Crippen LogP contribution in [0.4, 0.5) is 68.2 Å². The van der Waals surface area contributed by atoms with Crippen molar-refractivity contribution in [3.8, 4) is 22.3 Å². The Labute approximate surface area is 817 Å². The van der Waals surface area contributed by atoms with E-state index in [1.165, 1.54) is 218 Å². The van der Waals surface area contributed by atoms with Crippen LogP contribution in [0.3, 0.4) is 0 Å². The summed E-state index contributed by atoms with van der Waals surface area (Å²) in [5.41, 5.74) is 47.3. The van der Waals surface area contributed by atoms with Gasteiger partial charge in [0.25, 0.3) is 6.71 Å². The van der Waals surface area contributed by atoms with Gasteiger partial charge in [-0.25, -0.2) is 0 Å². The summed E-state index contributed by atoms with van der Waals surface area (Å²) >= 11 is 0. The predicted molar refractivity (Wildman–Crippen MR) is 590 cm³/mol. The third-order valence-corrected chi connectivity index (χ3v) is 33.2. The summed E-state index contributed by atoms with van der Waals surface area (Å²) < 4.78 is 0. The maximum Gasteiger partial charge on any atom is 0.252 e. The van der Waals surface area contributed by atoms with Crippen LogP contribution < -0.4 is 36.0 Å². The van der Waals surface area contributed by atoms with Gasteiger partial charge in [-0.2, -0.15) is 0 Å². The Morgan fingerprint density at radius 2 is 0.548 bits per heavy atom. The van der Waals surface area contributed by atoms with Crippen LogP contribution in [0.1, 0.15) is 376 Å². The maximum absolute atomic E-state index is 2.73. The lowest BCUT2D eigenvalue weighted by Gasteiger charge is -2.48. The Balaban J connectivity index is 0.000000188. The van der Waals surface area contributed by atoms with Crippen LogP contribution in [0.2, 0.25) is 0 Å². The molecule has 0 saturated heterocycles. The van der Waals surface area contributed by atoms with E-state index < -0.39 is 0 Å². The van der Waals surface area contributed by atoms with E-state index in [9.17, 15) is 0 Å². The van der Waals surface area contributed by atoms with Crippen molar-refractivity contribution >= 4 is 91.3 Å². The topological polar surface area (TPSA) is 13.0 Å². The van der Waals surface area contributed by atoms with E-state index in [0.717, 1.165) is 29.2 Å². The van der Waals surface area contributed by atoms with Gasteiger partial charge < -0.3 is 19.6 Å². The molecule has 0 bridgehead atoms. The Kier molecular flexibility index (Phi) is 23.5. The van der Waals surface area contributed by atoms with E-state index in [-0.39, 0.29) is 82.5 Å². The third kappa shape index (κ3) is 17.8. The SMILES string of the molecule is Cc1cc(N(c2ccc(C(C)(C)C)cc2)c2ccc(C(C)(C)C)cc2)cc(N(c2ccc3c(c2)C(C)(C)CCC3(C)C)c2ccc(C(C)(C)C)cc2-c2ccc3c(c2)C(C)(C)CCC3(C)C)c1.Cc1cc2c3c(c1)N(c1ccc(C(C)(C)C)cc1-c1ccc4c(c1)C(C)(C)CCC4(C)C)c1cc4c(cc1B3c1cc(C(C)(C)C)ccc1N2c1ccc(C(C)(C)C)cc1)C(C)(C)CCC4(C)C. The van der Waals surface area contributed by atoms with Crippen molar-refractivity contribution in [2.75, 3.05) is 19.6 Å². The average molecular weight is 1790 g/mol. The number of fused-ring (bicyclic) bond motifs is 8. The Morgan fingerprint density at radius 1 is 0.230 bits per heavy atom. The molecule has 0 aromatic heterocycles. The molecule has 135 heavy (non-hydrogen) atoms. The van der Waals surface area contributed by atoms with Crippen molar-refractivity contribution in [2.24, 2.45) is 0 Å². The molecule has 704 valence electrons. The standard InChI is InChI=1S/C65H79BN2.C65H82N2/c1-40-33-56-58-57(34-40)68(53-27-22-43(60(5,6)7)36-46(53)41-19-26-47-48(35-41)63(13,14)30-29-62(47,11)12)55-39-50-49(64(15,16)31-32-65(50,17)18)38-52(55)66(58)51-37-44(61(8,9)10)23-28-54(51)67(56)45-24-20-42(21-25-45)59(2,3)4;1-43-37-51(66(48-25-20-45(21-26-48)59(2,3)4)49-27-22-46(23-28-49)60(5,6)7)41-52(38-43)67(50-29-31-55-57(42-50)65(17,18)36-34-63(55,13)14)58-32-24-47(61(8,9)10)40-53(58)44-19-30-54-56(39-44)64(15,16)35-33-62(54,11)12/h19-28,33-39H,29-32H2,1-18H3;19-32,37-42H,33-36H2,1-18H3. The molecule has 2 heterocycles. The minimum atomic E-state index is -0.0307.